The fourth-order valence-corrected chi connectivity index (χ4v) is 3.33. The number of aryl methyl sites for hydroxylation is 3. The lowest BCUT2D eigenvalue weighted by Crippen LogP contribution is -2.38. The van der Waals surface area contributed by atoms with Crippen molar-refractivity contribution in [1.29, 1.82) is 0 Å². The van der Waals surface area contributed by atoms with E-state index in [1.807, 2.05) is 24.7 Å². The zero-order valence-corrected chi connectivity index (χ0v) is 17.2. The van der Waals surface area contributed by atoms with E-state index in [9.17, 15) is 4.39 Å². The molecule has 0 radical (unpaired) electrons. The summed E-state index contributed by atoms with van der Waals surface area (Å²) in [6.07, 6.45) is 2.68. The number of aromatic nitrogens is 2. The number of hydrogen-bond donors (Lipinski definition) is 2. The maximum Gasteiger partial charge on any atom is 0.191 e. The van der Waals surface area contributed by atoms with Gasteiger partial charge in [-0.2, -0.15) is 5.10 Å². The molecule has 0 aliphatic carbocycles. The molecular formula is C21H32FN5. The molecule has 2 N–H and O–H groups in total. The highest BCUT2D eigenvalue weighted by molar-refractivity contribution is 5.79. The van der Waals surface area contributed by atoms with E-state index in [1.165, 1.54) is 17.3 Å². The van der Waals surface area contributed by atoms with E-state index in [-0.39, 0.29) is 5.82 Å². The van der Waals surface area contributed by atoms with E-state index in [0.717, 1.165) is 55.1 Å². The molecule has 0 saturated carbocycles. The van der Waals surface area contributed by atoms with Crippen molar-refractivity contribution in [2.24, 2.45) is 12.0 Å². The van der Waals surface area contributed by atoms with Gasteiger partial charge in [-0.15, -0.1) is 0 Å². The number of nitrogens with zero attached hydrogens (tertiary/aromatic N) is 3. The minimum atomic E-state index is -0.186. The van der Waals surface area contributed by atoms with Crippen molar-refractivity contribution in [2.45, 2.75) is 53.5 Å². The summed E-state index contributed by atoms with van der Waals surface area (Å²) in [7, 11) is 2.00. The second-order valence-electron chi connectivity index (χ2n) is 6.65. The van der Waals surface area contributed by atoms with Gasteiger partial charge in [0.2, 0.25) is 0 Å². The first kappa shape index (κ1) is 20.9. The Balaban J connectivity index is 2.04. The molecule has 0 saturated heterocycles. The van der Waals surface area contributed by atoms with Crippen LogP contribution in [0.25, 0.3) is 0 Å². The largest absolute Gasteiger partial charge is 0.357 e. The number of aliphatic imine (C=N–C) groups is 1. The zero-order chi connectivity index (χ0) is 19.8. The average Bonchev–Trinajstić information content (AvgIpc) is 2.96. The van der Waals surface area contributed by atoms with Crippen LogP contribution in [-0.4, -0.2) is 28.8 Å². The predicted octanol–water partition coefficient (Wildman–Crippen LogP) is 3.29. The quantitative estimate of drug-likeness (QED) is 0.551. The Morgan fingerprint density at radius 1 is 1.19 bits per heavy atom. The van der Waals surface area contributed by atoms with Crippen molar-refractivity contribution in [3.05, 3.63) is 52.1 Å². The van der Waals surface area contributed by atoms with Gasteiger partial charge in [-0.3, -0.25) is 4.68 Å². The molecule has 27 heavy (non-hydrogen) atoms. The van der Waals surface area contributed by atoms with Gasteiger partial charge in [-0.1, -0.05) is 19.9 Å². The van der Waals surface area contributed by atoms with Crippen molar-refractivity contribution < 1.29 is 4.39 Å². The third kappa shape index (κ3) is 5.55. The normalized spacial score (nSPS) is 11.7. The van der Waals surface area contributed by atoms with Crippen molar-refractivity contribution in [3.63, 3.8) is 0 Å². The van der Waals surface area contributed by atoms with Gasteiger partial charge in [0.1, 0.15) is 5.82 Å². The summed E-state index contributed by atoms with van der Waals surface area (Å²) in [4.78, 5) is 4.76. The summed E-state index contributed by atoms with van der Waals surface area (Å²) >= 11 is 0. The number of hydrogen-bond acceptors (Lipinski definition) is 2. The molecule has 1 heterocycles. The predicted molar refractivity (Wildman–Crippen MR) is 110 cm³/mol. The molecule has 0 unspecified atom stereocenters. The number of nitrogens with one attached hydrogen (secondary N) is 2. The van der Waals surface area contributed by atoms with E-state index in [1.54, 1.807) is 6.07 Å². The molecule has 0 atom stereocenters. The van der Waals surface area contributed by atoms with Gasteiger partial charge < -0.3 is 10.6 Å². The maximum absolute atomic E-state index is 13.2. The van der Waals surface area contributed by atoms with Crippen LogP contribution >= 0.6 is 0 Å². The Morgan fingerprint density at radius 2 is 1.96 bits per heavy atom. The summed E-state index contributed by atoms with van der Waals surface area (Å²) in [6, 6.07) is 4.95. The Bertz CT molecular complexity index is 779. The highest BCUT2D eigenvalue weighted by Gasteiger charge is 2.13. The van der Waals surface area contributed by atoms with Gasteiger partial charge in [0.25, 0.3) is 0 Å². The molecule has 0 amide bonds. The third-order valence-corrected chi connectivity index (χ3v) is 4.76. The first-order chi connectivity index (χ1) is 13.0. The number of rotatable bonds is 8. The topological polar surface area (TPSA) is 54.2 Å². The van der Waals surface area contributed by atoms with Crippen LogP contribution in [0.15, 0.2) is 23.2 Å². The van der Waals surface area contributed by atoms with Crippen molar-refractivity contribution in [1.82, 2.24) is 20.4 Å². The molecule has 2 aromatic rings. The van der Waals surface area contributed by atoms with Gasteiger partial charge in [0.15, 0.2) is 5.96 Å². The lowest BCUT2D eigenvalue weighted by Gasteiger charge is -2.12. The van der Waals surface area contributed by atoms with E-state index in [0.29, 0.717) is 6.54 Å². The van der Waals surface area contributed by atoms with Crippen LogP contribution in [0.5, 0.6) is 0 Å². The van der Waals surface area contributed by atoms with Crippen LogP contribution in [0.3, 0.4) is 0 Å². The molecule has 0 aliphatic rings. The van der Waals surface area contributed by atoms with E-state index >= 15 is 0 Å². The highest BCUT2D eigenvalue weighted by atomic mass is 19.1. The van der Waals surface area contributed by atoms with Crippen molar-refractivity contribution in [2.75, 3.05) is 13.1 Å². The first-order valence-electron chi connectivity index (χ1n) is 9.80. The van der Waals surface area contributed by atoms with Gasteiger partial charge in [0.05, 0.1) is 12.2 Å². The van der Waals surface area contributed by atoms with Crippen LogP contribution < -0.4 is 10.6 Å². The average molecular weight is 374 g/mol. The molecule has 1 aromatic heterocycles. The Labute approximate surface area is 162 Å². The lowest BCUT2D eigenvalue weighted by atomic mass is 10.1. The standard InChI is InChI=1S/C21H32FN5/c1-6-19-18(20(7-2)27(5)26-19)14-25-21(23-8-3)24-12-11-16-9-10-17(22)13-15(16)4/h9-10,13H,6-8,11-12,14H2,1-5H3,(H2,23,24,25). The van der Waals surface area contributed by atoms with Crippen LogP contribution in [0.4, 0.5) is 4.39 Å². The number of guanidine groups is 1. The molecule has 0 spiro atoms. The monoisotopic (exact) mass is 373 g/mol. The minimum Gasteiger partial charge on any atom is -0.357 e. The molecule has 0 fully saturated rings. The summed E-state index contributed by atoms with van der Waals surface area (Å²) < 4.78 is 15.2. The van der Waals surface area contributed by atoms with Crippen molar-refractivity contribution >= 4 is 5.96 Å². The van der Waals surface area contributed by atoms with Gasteiger partial charge in [-0.25, -0.2) is 9.38 Å². The maximum atomic E-state index is 13.2. The first-order valence-corrected chi connectivity index (χ1v) is 9.80. The Morgan fingerprint density at radius 3 is 2.59 bits per heavy atom. The molecule has 5 nitrogen and oxygen atoms in total. The summed E-state index contributed by atoms with van der Waals surface area (Å²) in [5.41, 5.74) is 5.72. The molecule has 2 rings (SSSR count). The Hall–Kier alpha value is -2.37. The van der Waals surface area contributed by atoms with Crippen LogP contribution in [0.2, 0.25) is 0 Å². The van der Waals surface area contributed by atoms with Crippen molar-refractivity contribution in [3.8, 4) is 0 Å². The lowest BCUT2D eigenvalue weighted by molar-refractivity contribution is 0.625. The van der Waals surface area contributed by atoms with E-state index in [2.05, 4.69) is 36.5 Å². The SMILES string of the molecule is CCNC(=NCc1c(CC)nn(C)c1CC)NCCc1ccc(F)cc1C. The fraction of sp³-hybridized carbons (Fsp3) is 0.524. The van der Waals surface area contributed by atoms with Gasteiger partial charge >= 0.3 is 0 Å². The summed E-state index contributed by atoms with van der Waals surface area (Å²) in [6.45, 7) is 10.4. The smallest absolute Gasteiger partial charge is 0.191 e. The van der Waals surface area contributed by atoms with Gasteiger partial charge in [-0.05, 0) is 56.4 Å². The van der Waals surface area contributed by atoms with E-state index < -0.39 is 0 Å². The Kier molecular flexibility index (Phi) is 7.82. The van der Waals surface area contributed by atoms with E-state index in [4.69, 9.17) is 4.99 Å². The summed E-state index contributed by atoms with van der Waals surface area (Å²) in [5.74, 6) is 0.610. The van der Waals surface area contributed by atoms with Crippen LogP contribution in [0, 0.1) is 12.7 Å². The number of benzene rings is 1. The zero-order valence-electron chi connectivity index (χ0n) is 17.2. The fourth-order valence-electron chi connectivity index (χ4n) is 3.33. The van der Waals surface area contributed by atoms with Crippen LogP contribution in [-0.2, 0) is 32.9 Å². The molecule has 1 aromatic carbocycles. The second-order valence-corrected chi connectivity index (χ2v) is 6.65. The summed E-state index contributed by atoms with van der Waals surface area (Å²) in [5, 5.41) is 11.3. The highest BCUT2D eigenvalue weighted by Crippen LogP contribution is 2.16. The molecule has 6 heteroatoms. The molecule has 0 aliphatic heterocycles. The third-order valence-electron chi connectivity index (χ3n) is 4.76. The second kappa shape index (κ2) is 10.1. The van der Waals surface area contributed by atoms with Gasteiger partial charge in [0, 0.05) is 31.4 Å². The minimum absolute atomic E-state index is 0.186. The molecule has 148 valence electrons. The molecule has 0 bridgehead atoms. The van der Waals surface area contributed by atoms with Crippen LogP contribution in [0.1, 0.15) is 48.8 Å². The number of halogens is 1. The molecular weight excluding hydrogens is 341 g/mol.